The van der Waals surface area contributed by atoms with Gasteiger partial charge in [0.15, 0.2) is 17.3 Å². The van der Waals surface area contributed by atoms with Crippen molar-refractivity contribution >= 4 is 11.3 Å². The molecule has 0 radical (unpaired) electrons. The first-order chi connectivity index (χ1) is 9.93. The summed E-state index contributed by atoms with van der Waals surface area (Å²) < 4.78 is 40.7. The number of nitrogens with one attached hydrogen (secondary N) is 1. The van der Waals surface area contributed by atoms with Gasteiger partial charge in [-0.25, -0.2) is 14.5 Å². The largest absolute Gasteiger partial charge is 0.435 e. The molecule has 0 fully saturated rings. The molecule has 0 saturated heterocycles. The minimum atomic E-state index is -4.49. The van der Waals surface area contributed by atoms with E-state index in [0.29, 0.717) is 5.82 Å². The maximum Gasteiger partial charge on any atom is 0.435 e. The zero-order valence-electron chi connectivity index (χ0n) is 10.8. The third-order valence-electron chi connectivity index (χ3n) is 2.74. The number of aromatic nitrogens is 6. The monoisotopic (exact) mass is 297 g/mol. The summed E-state index contributed by atoms with van der Waals surface area (Å²) in [6.07, 6.45) is -0.236. The highest BCUT2D eigenvalue weighted by Crippen LogP contribution is 2.30. The lowest BCUT2D eigenvalue weighted by atomic mass is 10.3. The van der Waals surface area contributed by atoms with Crippen LogP contribution >= 0.6 is 0 Å². The molecule has 21 heavy (non-hydrogen) atoms. The number of alkyl halides is 3. The van der Waals surface area contributed by atoms with Crippen molar-refractivity contribution in [3.63, 3.8) is 0 Å². The van der Waals surface area contributed by atoms with Crippen molar-refractivity contribution < 1.29 is 13.2 Å². The van der Waals surface area contributed by atoms with Crippen molar-refractivity contribution in [1.82, 2.24) is 29.4 Å². The van der Waals surface area contributed by atoms with Gasteiger partial charge in [0.2, 0.25) is 0 Å². The Bertz CT molecular complexity index is 774. The minimum absolute atomic E-state index is 0.237. The smallest absolute Gasteiger partial charge is 0.361 e. The molecule has 1 N–H and O–H groups in total. The Balaban J connectivity index is 1.89. The topological polar surface area (TPSA) is 72.9 Å². The molecule has 0 aromatic carbocycles. The molecule has 0 spiro atoms. The van der Waals surface area contributed by atoms with Crippen LogP contribution in [0, 0.1) is 0 Å². The van der Waals surface area contributed by atoms with Crippen molar-refractivity contribution in [2.45, 2.75) is 12.7 Å². The highest BCUT2D eigenvalue weighted by molar-refractivity contribution is 5.67. The molecule has 0 aliphatic carbocycles. The number of fused-ring (bicyclic) bond motifs is 1. The van der Waals surface area contributed by atoms with Gasteiger partial charge in [0.05, 0.1) is 6.54 Å². The van der Waals surface area contributed by atoms with Crippen LogP contribution in [0.5, 0.6) is 0 Å². The van der Waals surface area contributed by atoms with Crippen molar-refractivity contribution in [3.8, 4) is 0 Å². The molecular formula is C11H10F3N7. The fraction of sp³-hybridized carbons (Fsp3) is 0.273. The van der Waals surface area contributed by atoms with Crippen LogP contribution in [0.3, 0.4) is 0 Å². The summed E-state index contributed by atoms with van der Waals surface area (Å²) in [6, 6.07) is 0.946. The molecule has 7 nitrogen and oxygen atoms in total. The summed E-state index contributed by atoms with van der Waals surface area (Å²) in [5.41, 5.74) is -0.727. The molecule has 0 atom stereocenters. The Morgan fingerprint density at radius 2 is 2.05 bits per heavy atom. The average molecular weight is 297 g/mol. The fourth-order valence-corrected chi connectivity index (χ4v) is 1.82. The van der Waals surface area contributed by atoms with Gasteiger partial charge in [-0.05, 0) is 0 Å². The van der Waals surface area contributed by atoms with E-state index < -0.39 is 11.9 Å². The lowest BCUT2D eigenvalue weighted by Crippen LogP contribution is -2.06. The molecule has 0 unspecified atom stereocenters. The minimum Gasteiger partial charge on any atom is -0.361 e. The van der Waals surface area contributed by atoms with E-state index >= 15 is 0 Å². The number of hydrogen-bond acceptors (Lipinski definition) is 5. The number of halogens is 3. The molecule has 0 bridgehead atoms. The van der Waals surface area contributed by atoms with Crippen LogP contribution in [0.1, 0.15) is 11.5 Å². The Labute approximate surface area is 116 Å². The van der Waals surface area contributed by atoms with Crippen molar-refractivity contribution in [1.29, 1.82) is 0 Å². The van der Waals surface area contributed by atoms with Crippen molar-refractivity contribution in [2.24, 2.45) is 7.05 Å². The van der Waals surface area contributed by atoms with Gasteiger partial charge in [0.25, 0.3) is 0 Å². The molecule has 110 valence electrons. The van der Waals surface area contributed by atoms with Gasteiger partial charge in [0.1, 0.15) is 11.8 Å². The first kappa shape index (κ1) is 13.3. The molecule has 0 aliphatic heterocycles. The van der Waals surface area contributed by atoms with Crippen LogP contribution in [0.4, 0.5) is 19.0 Å². The van der Waals surface area contributed by atoms with Gasteiger partial charge in [0, 0.05) is 25.5 Å². The van der Waals surface area contributed by atoms with Crippen LogP contribution in [0.25, 0.3) is 5.52 Å². The van der Waals surface area contributed by atoms with Gasteiger partial charge in [-0.3, -0.25) is 4.68 Å². The summed E-state index contributed by atoms with van der Waals surface area (Å²) in [6.45, 7) is 0.250. The van der Waals surface area contributed by atoms with E-state index in [2.05, 4.69) is 25.5 Å². The number of aryl methyl sites for hydroxylation is 1. The predicted octanol–water partition coefficient (Wildman–Crippen LogP) is 1.49. The molecule has 10 heteroatoms. The van der Waals surface area contributed by atoms with Crippen molar-refractivity contribution in [3.05, 3.63) is 36.3 Å². The second-order valence-corrected chi connectivity index (χ2v) is 4.32. The zero-order valence-corrected chi connectivity index (χ0v) is 10.8. The van der Waals surface area contributed by atoms with Crippen LogP contribution in [-0.4, -0.2) is 29.4 Å². The standard InChI is InChI=1S/C11H10F3N7/c1-20-6-17-9(19-20)5-16-10-7-4-8(11(12,13)14)18-21(7)3-2-15-10/h2-4,6H,5H2,1H3,(H,15,16). The van der Waals surface area contributed by atoms with Gasteiger partial charge in [-0.1, -0.05) is 0 Å². The van der Waals surface area contributed by atoms with Crippen LogP contribution in [0.15, 0.2) is 24.8 Å². The van der Waals surface area contributed by atoms with Crippen LogP contribution in [-0.2, 0) is 19.8 Å². The van der Waals surface area contributed by atoms with Crippen molar-refractivity contribution in [2.75, 3.05) is 5.32 Å². The van der Waals surface area contributed by atoms with E-state index in [0.717, 1.165) is 10.6 Å². The number of anilines is 1. The normalized spacial score (nSPS) is 12.0. The molecule has 0 aliphatic rings. The Morgan fingerprint density at radius 3 is 2.71 bits per heavy atom. The van der Waals surface area contributed by atoms with E-state index in [9.17, 15) is 13.2 Å². The van der Waals surface area contributed by atoms with Crippen LogP contribution in [0.2, 0.25) is 0 Å². The van der Waals surface area contributed by atoms with E-state index in [1.807, 2.05) is 0 Å². The van der Waals surface area contributed by atoms with Gasteiger partial charge in [-0.2, -0.15) is 23.4 Å². The first-order valence-electron chi connectivity index (χ1n) is 5.93. The highest BCUT2D eigenvalue weighted by Gasteiger charge is 2.34. The van der Waals surface area contributed by atoms with E-state index in [1.165, 1.54) is 23.4 Å². The molecule has 3 heterocycles. The van der Waals surface area contributed by atoms with E-state index in [4.69, 9.17) is 0 Å². The van der Waals surface area contributed by atoms with Gasteiger partial charge in [-0.15, -0.1) is 0 Å². The third kappa shape index (κ3) is 2.64. The summed E-state index contributed by atoms with van der Waals surface area (Å²) in [4.78, 5) is 8.04. The van der Waals surface area contributed by atoms with Gasteiger partial charge < -0.3 is 5.32 Å². The van der Waals surface area contributed by atoms with Gasteiger partial charge >= 0.3 is 6.18 Å². The quantitative estimate of drug-likeness (QED) is 0.793. The Kier molecular flexibility index (Phi) is 3.00. The maximum atomic E-state index is 12.7. The summed E-state index contributed by atoms with van der Waals surface area (Å²) >= 11 is 0. The Hall–Kier alpha value is -2.65. The number of hydrogen-bond donors (Lipinski definition) is 1. The average Bonchev–Trinajstić information content (AvgIpc) is 3.01. The van der Waals surface area contributed by atoms with E-state index in [-0.39, 0.29) is 17.9 Å². The second kappa shape index (κ2) is 4.72. The summed E-state index contributed by atoms with van der Waals surface area (Å²) in [5.74, 6) is 0.796. The molecule has 0 amide bonds. The maximum absolute atomic E-state index is 12.7. The zero-order chi connectivity index (χ0) is 15.0. The summed E-state index contributed by atoms with van der Waals surface area (Å²) in [5, 5.41) is 10.4. The highest BCUT2D eigenvalue weighted by atomic mass is 19.4. The third-order valence-corrected chi connectivity index (χ3v) is 2.74. The molecule has 3 aromatic heterocycles. The first-order valence-corrected chi connectivity index (χ1v) is 5.93. The SMILES string of the molecule is Cn1cnc(CNc2nccn3nc(C(F)(F)F)cc23)n1. The predicted molar refractivity (Wildman–Crippen MR) is 66.3 cm³/mol. The fourth-order valence-electron chi connectivity index (χ4n) is 1.82. The summed E-state index contributed by atoms with van der Waals surface area (Å²) in [7, 11) is 1.72. The Morgan fingerprint density at radius 1 is 1.24 bits per heavy atom. The van der Waals surface area contributed by atoms with E-state index in [1.54, 1.807) is 7.05 Å². The molecule has 3 rings (SSSR count). The molecule has 3 aromatic rings. The number of nitrogens with zero attached hydrogens (tertiary/aromatic N) is 6. The van der Waals surface area contributed by atoms with Crippen LogP contribution < -0.4 is 5.32 Å². The molecule has 0 saturated carbocycles. The lowest BCUT2D eigenvalue weighted by Gasteiger charge is -2.04. The second-order valence-electron chi connectivity index (χ2n) is 4.32. The molecular weight excluding hydrogens is 287 g/mol. The lowest BCUT2D eigenvalue weighted by molar-refractivity contribution is -0.141. The number of rotatable bonds is 3.